The summed E-state index contributed by atoms with van der Waals surface area (Å²) in [5.41, 5.74) is 1.51. The van der Waals surface area contributed by atoms with Crippen LogP contribution in [0.15, 0.2) is 71.3 Å². The molecule has 176 valence electrons. The van der Waals surface area contributed by atoms with Crippen LogP contribution in [0.3, 0.4) is 0 Å². The van der Waals surface area contributed by atoms with Gasteiger partial charge in [-0.15, -0.1) is 0 Å². The summed E-state index contributed by atoms with van der Waals surface area (Å²) < 4.78 is 10.6. The summed E-state index contributed by atoms with van der Waals surface area (Å²) in [6.45, 7) is 2.28. The van der Waals surface area contributed by atoms with E-state index >= 15 is 0 Å². The van der Waals surface area contributed by atoms with Crippen LogP contribution in [-0.2, 0) is 4.79 Å². The molecule has 4 rings (SSSR count). The minimum atomic E-state index is -0.369. The van der Waals surface area contributed by atoms with Crippen molar-refractivity contribution in [2.75, 3.05) is 43.0 Å². The summed E-state index contributed by atoms with van der Waals surface area (Å²) in [6, 6.07) is 17.9. The maximum absolute atomic E-state index is 12.4. The molecule has 0 aliphatic carbocycles. The van der Waals surface area contributed by atoms with E-state index in [1.165, 1.54) is 6.26 Å². The molecule has 0 radical (unpaired) electrons. The normalized spacial score (nSPS) is 13.3. The monoisotopic (exact) mass is 498 g/mol. The number of hydrogen-bond donors (Lipinski definition) is 2. The number of halogens is 1. The molecule has 34 heavy (non-hydrogen) atoms. The van der Waals surface area contributed by atoms with Gasteiger partial charge in [-0.25, -0.2) is 0 Å². The maximum Gasteiger partial charge on any atom is 0.289 e. The number of amides is 2. The molecule has 1 aromatic heterocycles. The van der Waals surface area contributed by atoms with E-state index in [0.29, 0.717) is 48.4 Å². The molecular formula is C24H23ClN4O4S. The number of ether oxygens (including phenoxy) is 1. The molecule has 2 amide bonds. The summed E-state index contributed by atoms with van der Waals surface area (Å²) in [6.07, 6.45) is 1.49. The zero-order chi connectivity index (χ0) is 23.9. The number of rotatable bonds is 6. The lowest BCUT2D eigenvalue weighted by molar-refractivity contribution is -0.121. The van der Waals surface area contributed by atoms with Crippen molar-refractivity contribution in [1.82, 2.24) is 10.2 Å². The molecule has 2 N–H and O–H groups in total. The predicted molar refractivity (Wildman–Crippen MR) is 135 cm³/mol. The number of furan rings is 1. The molecule has 0 spiro atoms. The number of hydrogen-bond acceptors (Lipinski definition) is 6. The lowest BCUT2D eigenvalue weighted by Gasteiger charge is -2.36. The number of nitrogens with one attached hydrogen (secondary N) is 2. The van der Waals surface area contributed by atoms with Gasteiger partial charge in [0, 0.05) is 31.9 Å². The highest BCUT2D eigenvalue weighted by molar-refractivity contribution is 7.80. The van der Waals surface area contributed by atoms with Crippen molar-refractivity contribution < 1.29 is 18.7 Å². The van der Waals surface area contributed by atoms with Crippen molar-refractivity contribution in [3.8, 4) is 5.75 Å². The first kappa shape index (κ1) is 23.6. The van der Waals surface area contributed by atoms with Gasteiger partial charge in [-0.1, -0.05) is 29.8 Å². The molecule has 1 aliphatic rings. The summed E-state index contributed by atoms with van der Waals surface area (Å²) in [5.74, 6) is 0.465. The van der Waals surface area contributed by atoms with E-state index in [2.05, 4.69) is 15.5 Å². The summed E-state index contributed by atoms with van der Waals surface area (Å²) >= 11 is 11.7. The van der Waals surface area contributed by atoms with Gasteiger partial charge in [0.15, 0.2) is 17.5 Å². The highest BCUT2D eigenvalue weighted by Gasteiger charge is 2.24. The fourth-order valence-corrected chi connectivity index (χ4v) is 4.07. The molecule has 1 aliphatic heterocycles. The van der Waals surface area contributed by atoms with Crippen molar-refractivity contribution in [2.45, 2.75) is 0 Å². The van der Waals surface area contributed by atoms with Crippen LogP contribution in [0.5, 0.6) is 5.75 Å². The number of anilines is 2. The number of thiocarbonyl (C=S) groups is 1. The summed E-state index contributed by atoms with van der Waals surface area (Å²) in [5, 5.41) is 6.23. The number of para-hydroxylation sites is 1. The largest absolute Gasteiger partial charge is 0.484 e. The zero-order valence-corrected chi connectivity index (χ0v) is 19.8. The molecule has 0 saturated carbocycles. The van der Waals surface area contributed by atoms with Gasteiger partial charge in [0.1, 0.15) is 5.75 Å². The fraction of sp³-hybridized carbons (Fsp3) is 0.208. The predicted octanol–water partition coefficient (Wildman–Crippen LogP) is 3.79. The third-order valence-electron chi connectivity index (χ3n) is 5.21. The first-order valence-electron chi connectivity index (χ1n) is 10.7. The topological polar surface area (TPSA) is 87.0 Å². The quantitative estimate of drug-likeness (QED) is 0.500. The van der Waals surface area contributed by atoms with E-state index in [4.69, 9.17) is 33.0 Å². The Kier molecular flexibility index (Phi) is 7.66. The van der Waals surface area contributed by atoms with Gasteiger partial charge in [-0.3, -0.25) is 14.9 Å². The average molecular weight is 499 g/mol. The van der Waals surface area contributed by atoms with Crippen LogP contribution >= 0.6 is 23.8 Å². The Morgan fingerprint density at radius 1 is 1.03 bits per heavy atom. The highest BCUT2D eigenvalue weighted by atomic mass is 35.5. The third kappa shape index (κ3) is 6.06. The third-order valence-corrected chi connectivity index (χ3v) is 5.72. The fourth-order valence-electron chi connectivity index (χ4n) is 3.54. The number of benzene rings is 2. The van der Waals surface area contributed by atoms with Crippen LogP contribution in [0, 0.1) is 0 Å². The Bertz CT molecular complexity index is 1150. The lowest BCUT2D eigenvalue weighted by Crippen LogP contribution is -2.48. The van der Waals surface area contributed by atoms with Crippen LogP contribution in [0.1, 0.15) is 10.6 Å². The smallest absolute Gasteiger partial charge is 0.289 e. The number of nitrogens with zero attached hydrogens (tertiary/aromatic N) is 2. The zero-order valence-electron chi connectivity index (χ0n) is 18.2. The SMILES string of the molecule is O=C(COc1ccccc1)NC(=S)Nc1ccc(N2CCN(C(=O)c3ccco3)CC2)c(Cl)c1. The maximum atomic E-state index is 12.4. The molecule has 2 heterocycles. The van der Waals surface area contributed by atoms with E-state index in [0.717, 1.165) is 5.69 Å². The highest BCUT2D eigenvalue weighted by Crippen LogP contribution is 2.30. The van der Waals surface area contributed by atoms with E-state index in [-0.39, 0.29) is 23.5 Å². The van der Waals surface area contributed by atoms with Crippen molar-refractivity contribution >= 4 is 52.1 Å². The van der Waals surface area contributed by atoms with Crippen molar-refractivity contribution in [1.29, 1.82) is 0 Å². The Labute approximate surface area is 207 Å². The average Bonchev–Trinajstić information content (AvgIpc) is 3.38. The van der Waals surface area contributed by atoms with Crippen LogP contribution in [0.4, 0.5) is 11.4 Å². The number of carbonyl (C=O) groups is 2. The Morgan fingerprint density at radius 2 is 1.79 bits per heavy atom. The molecular weight excluding hydrogens is 476 g/mol. The second-order valence-electron chi connectivity index (χ2n) is 7.53. The van der Waals surface area contributed by atoms with Gasteiger partial charge in [0.05, 0.1) is 17.0 Å². The van der Waals surface area contributed by atoms with Crippen LogP contribution in [-0.4, -0.2) is 54.6 Å². The number of piperazine rings is 1. The molecule has 10 heteroatoms. The van der Waals surface area contributed by atoms with Gasteiger partial charge < -0.3 is 24.3 Å². The first-order chi connectivity index (χ1) is 16.5. The molecule has 0 atom stereocenters. The van der Waals surface area contributed by atoms with Crippen molar-refractivity contribution in [3.63, 3.8) is 0 Å². The Hall–Kier alpha value is -3.56. The van der Waals surface area contributed by atoms with Crippen molar-refractivity contribution in [3.05, 3.63) is 77.7 Å². The van der Waals surface area contributed by atoms with Gasteiger partial charge >= 0.3 is 0 Å². The molecule has 2 aromatic carbocycles. The molecule has 1 saturated heterocycles. The molecule has 3 aromatic rings. The second kappa shape index (κ2) is 11.0. The van der Waals surface area contributed by atoms with Crippen LogP contribution in [0.2, 0.25) is 5.02 Å². The van der Waals surface area contributed by atoms with E-state index in [9.17, 15) is 9.59 Å². The minimum absolute atomic E-state index is 0.111. The first-order valence-corrected chi connectivity index (χ1v) is 11.4. The number of carbonyl (C=O) groups excluding carboxylic acids is 2. The Balaban J connectivity index is 1.26. The Morgan fingerprint density at radius 3 is 2.47 bits per heavy atom. The molecule has 0 unspecified atom stereocenters. The second-order valence-corrected chi connectivity index (χ2v) is 8.34. The van der Waals surface area contributed by atoms with Gasteiger partial charge in [-0.05, 0) is 54.7 Å². The van der Waals surface area contributed by atoms with E-state index < -0.39 is 0 Å². The standard InChI is InChI=1S/C24H23ClN4O4S/c25-19-15-17(26-24(34)27-22(30)16-33-18-5-2-1-3-6-18)8-9-20(19)28-10-12-29(13-11-28)23(31)21-7-4-14-32-21/h1-9,14-15H,10-13,16H2,(H2,26,27,30,34). The van der Waals surface area contributed by atoms with E-state index in [1.54, 1.807) is 35.2 Å². The molecule has 8 nitrogen and oxygen atoms in total. The minimum Gasteiger partial charge on any atom is -0.484 e. The molecule has 0 bridgehead atoms. The van der Waals surface area contributed by atoms with E-state index in [1.807, 2.05) is 30.3 Å². The van der Waals surface area contributed by atoms with Gasteiger partial charge in [0.2, 0.25) is 0 Å². The van der Waals surface area contributed by atoms with Crippen LogP contribution in [0.25, 0.3) is 0 Å². The van der Waals surface area contributed by atoms with Crippen LogP contribution < -0.4 is 20.3 Å². The summed E-state index contributed by atoms with van der Waals surface area (Å²) in [4.78, 5) is 28.4. The van der Waals surface area contributed by atoms with Gasteiger partial charge in [0.25, 0.3) is 11.8 Å². The summed E-state index contributed by atoms with van der Waals surface area (Å²) in [7, 11) is 0. The lowest BCUT2D eigenvalue weighted by atomic mass is 10.2. The molecule has 1 fully saturated rings. The van der Waals surface area contributed by atoms with Crippen molar-refractivity contribution in [2.24, 2.45) is 0 Å². The van der Waals surface area contributed by atoms with Gasteiger partial charge in [-0.2, -0.15) is 0 Å².